The maximum Gasteiger partial charge on any atom is 0.328 e. The Morgan fingerprint density at radius 1 is 1.28 bits per heavy atom. The standard InChI is InChI=1S/C17H16ClN3O3S/c1-8(22)14(17(23)24)21-15-13-12(10-3-5-11(18)6-4-10)9(2)25-16(13)20-7-19-15/h3-8,14,22H,1-2H3,(H,23,24)(H,19,20,21). The van der Waals surface area contributed by atoms with Gasteiger partial charge in [-0.05, 0) is 31.5 Å². The van der Waals surface area contributed by atoms with Gasteiger partial charge in [0.2, 0.25) is 0 Å². The molecule has 0 fully saturated rings. The number of hydrogen-bond donors (Lipinski definition) is 3. The molecule has 0 bridgehead atoms. The van der Waals surface area contributed by atoms with Gasteiger partial charge < -0.3 is 15.5 Å². The smallest absolute Gasteiger partial charge is 0.328 e. The molecule has 0 aliphatic carbocycles. The molecule has 0 saturated carbocycles. The predicted octanol–water partition coefficient (Wildman–Crippen LogP) is 3.57. The van der Waals surface area contributed by atoms with Gasteiger partial charge in [-0.25, -0.2) is 14.8 Å². The topological polar surface area (TPSA) is 95.3 Å². The first-order chi connectivity index (χ1) is 11.9. The largest absolute Gasteiger partial charge is 0.480 e. The van der Waals surface area contributed by atoms with Crippen molar-refractivity contribution < 1.29 is 15.0 Å². The van der Waals surface area contributed by atoms with E-state index in [4.69, 9.17) is 11.6 Å². The zero-order valence-electron chi connectivity index (χ0n) is 13.5. The number of aliphatic hydroxyl groups is 1. The predicted molar refractivity (Wildman–Crippen MR) is 99.3 cm³/mol. The lowest BCUT2D eigenvalue weighted by Crippen LogP contribution is -2.39. The average molecular weight is 378 g/mol. The maximum absolute atomic E-state index is 11.4. The molecule has 0 spiro atoms. The monoisotopic (exact) mass is 377 g/mol. The fourth-order valence-electron chi connectivity index (χ4n) is 2.65. The van der Waals surface area contributed by atoms with Crippen molar-refractivity contribution in [3.05, 3.63) is 40.5 Å². The summed E-state index contributed by atoms with van der Waals surface area (Å²) >= 11 is 7.48. The average Bonchev–Trinajstić information content (AvgIpc) is 2.89. The Kier molecular flexibility index (Phi) is 4.89. The SMILES string of the molecule is Cc1sc2ncnc(NC(C(=O)O)C(C)O)c2c1-c1ccc(Cl)cc1. The van der Waals surface area contributed by atoms with E-state index >= 15 is 0 Å². The molecule has 2 aromatic heterocycles. The Labute approximate surface area is 153 Å². The Hall–Kier alpha value is -2.22. The minimum atomic E-state index is -1.17. The molecule has 2 heterocycles. The number of hydrogen-bond acceptors (Lipinski definition) is 6. The third-order valence-corrected chi connectivity index (χ3v) is 5.10. The van der Waals surface area contributed by atoms with Crippen molar-refractivity contribution in [2.75, 3.05) is 5.32 Å². The second-order valence-corrected chi connectivity index (χ2v) is 7.28. The Balaban J connectivity index is 2.17. The Morgan fingerprint density at radius 2 is 1.96 bits per heavy atom. The quantitative estimate of drug-likeness (QED) is 0.629. The van der Waals surface area contributed by atoms with Gasteiger partial charge in [0.05, 0.1) is 11.5 Å². The van der Waals surface area contributed by atoms with Gasteiger partial charge in [0, 0.05) is 15.5 Å². The summed E-state index contributed by atoms with van der Waals surface area (Å²) in [6, 6.07) is 6.23. The number of carboxylic acids is 1. The molecule has 3 N–H and O–H groups in total. The summed E-state index contributed by atoms with van der Waals surface area (Å²) in [5.74, 6) is -0.769. The van der Waals surface area contributed by atoms with Crippen LogP contribution in [0.1, 0.15) is 11.8 Å². The van der Waals surface area contributed by atoms with Crippen molar-refractivity contribution in [3.63, 3.8) is 0 Å². The number of aryl methyl sites for hydroxylation is 1. The van der Waals surface area contributed by atoms with Gasteiger partial charge in [-0.15, -0.1) is 11.3 Å². The van der Waals surface area contributed by atoms with Crippen LogP contribution in [0.15, 0.2) is 30.6 Å². The summed E-state index contributed by atoms with van der Waals surface area (Å²) in [7, 11) is 0. The molecule has 0 amide bonds. The lowest BCUT2D eigenvalue weighted by Gasteiger charge is -2.18. The summed E-state index contributed by atoms with van der Waals surface area (Å²) in [5, 5.41) is 23.3. The van der Waals surface area contributed by atoms with E-state index in [2.05, 4.69) is 15.3 Å². The summed E-state index contributed by atoms with van der Waals surface area (Å²) in [4.78, 5) is 21.7. The van der Waals surface area contributed by atoms with E-state index in [1.165, 1.54) is 24.6 Å². The zero-order valence-corrected chi connectivity index (χ0v) is 15.1. The number of nitrogens with zero attached hydrogens (tertiary/aromatic N) is 2. The minimum absolute atomic E-state index is 0.382. The van der Waals surface area contributed by atoms with Gasteiger partial charge in [0.25, 0.3) is 0 Å². The van der Waals surface area contributed by atoms with Crippen molar-refractivity contribution >= 4 is 44.9 Å². The van der Waals surface area contributed by atoms with E-state index in [9.17, 15) is 15.0 Å². The summed E-state index contributed by atoms with van der Waals surface area (Å²) < 4.78 is 0. The lowest BCUT2D eigenvalue weighted by atomic mass is 10.0. The molecule has 2 atom stereocenters. The molecule has 1 aromatic carbocycles. The third kappa shape index (κ3) is 3.44. The van der Waals surface area contributed by atoms with E-state index in [-0.39, 0.29) is 0 Å². The zero-order chi connectivity index (χ0) is 18.1. The fourth-order valence-corrected chi connectivity index (χ4v) is 3.79. The van der Waals surface area contributed by atoms with E-state index in [1.54, 1.807) is 12.1 Å². The van der Waals surface area contributed by atoms with Crippen molar-refractivity contribution in [2.24, 2.45) is 0 Å². The van der Waals surface area contributed by atoms with Crippen LogP contribution in [0, 0.1) is 6.92 Å². The number of anilines is 1. The van der Waals surface area contributed by atoms with Gasteiger partial charge in [-0.2, -0.15) is 0 Å². The summed E-state index contributed by atoms with van der Waals surface area (Å²) in [5.41, 5.74) is 1.87. The number of carboxylic acid groups (broad SMARTS) is 1. The van der Waals surface area contributed by atoms with Crippen LogP contribution >= 0.6 is 22.9 Å². The number of aliphatic hydroxyl groups excluding tert-OH is 1. The molecule has 0 saturated heterocycles. The first-order valence-corrected chi connectivity index (χ1v) is 8.75. The van der Waals surface area contributed by atoms with E-state index in [0.717, 1.165) is 26.2 Å². The number of rotatable bonds is 5. The fraction of sp³-hybridized carbons (Fsp3) is 0.235. The Morgan fingerprint density at radius 3 is 2.56 bits per heavy atom. The molecule has 0 aliphatic heterocycles. The molecule has 2 unspecified atom stereocenters. The lowest BCUT2D eigenvalue weighted by molar-refractivity contribution is -0.140. The first kappa shape index (κ1) is 17.6. The van der Waals surface area contributed by atoms with Gasteiger partial charge in [-0.3, -0.25) is 0 Å². The molecule has 130 valence electrons. The van der Waals surface area contributed by atoms with E-state index in [0.29, 0.717) is 10.8 Å². The number of thiophene rings is 1. The highest BCUT2D eigenvalue weighted by Crippen LogP contribution is 2.40. The molecule has 0 radical (unpaired) electrons. The van der Waals surface area contributed by atoms with Crippen LogP contribution in [0.3, 0.4) is 0 Å². The molecular weight excluding hydrogens is 362 g/mol. The van der Waals surface area contributed by atoms with Gasteiger partial charge in [0.15, 0.2) is 6.04 Å². The molecule has 8 heteroatoms. The number of aliphatic carboxylic acids is 1. The van der Waals surface area contributed by atoms with Gasteiger partial charge in [0.1, 0.15) is 17.0 Å². The van der Waals surface area contributed by atoms with Crippen LogP contribution in [0.25, 0.3) is 21.3 Å². The third-order valence-electron chi connectivity index (χ3n) is 3.84. The van der Waals surface area contributed by atoms with Crippen LogP contribution in [0.2, 0.25) is 5.02 Å². The highest BCUT2D eigenvalue weighted by molar-refractivity contribution is 7.19. The molecule has 25 heavy (non-hydrogen) atoms. The number of aromatic nitrogens is 2. The van der Waals surface area contributed by atoms with Crippen LogP contribution < -0.4 is 5.32 Å². The maximum atomic E-state index is 11.4. The molecule has 6 nitrogen and oxygen atoms in total. The summed E-state index contributed by atoms with van der Waals surface area (Å²) in [6.07, 6.45) is 0.300. The Bertz CT molecular complexity index is 925. The van der Waals surface area contributed by atoms with Gasteiger partial charge >= 0.3 is 5.97 Å². The molecule has 3 aromatic rings. The van der Waals surface area contributed by atoms with E-state index < -0.39 is 18.1 Å². The molecule has 0 aliphatic rings. The second-order valence-electron chi connectivity index (χ2n) is 5.64. The number of fused-ring (bicyclic) bond motifs is 1. The normalized spacial score (nSPS) is 13.6. The second kappa shape index (κ2) is 6.95. The van der Waals surface area contributed by atoms with Crippen LogP contribution in [0.5, 0.6) is 0 Å². The minimum Gasteiger partial charge on any atom is -0.480 e. The number of nitrogens with one attached hydrogen (secondary N) is 1. The van der Waals surface area contributed by atoms with Crippen molar-refractivity contribution in [1.29, 1.82) is 0 Å². The van der Waals surface area contributed by atoms with E-state index in [1.807, 2.05) is 19.1 Å². The van der Waals surface area contributed by atoms with Crippen molar-refractivity contribution in [3.8, 4) is 11.1 Å². The first-order valence-electron chi connectivity index (χ1n) is 7.56. The highest BCUT2D eigenvalue weighted by Gasteiger charge is 2.25. The van der Waals surface area contributed by atoms with Gasteiger partial charge in [-0.1, -0.05) is 23.7 Å². The van der Waals surface area contributed by atoms with Crippen LogP contribution in [-0.2, 0) is 4.79 Å². The van der Waals surface area contributed by atoms with Crippen molar-refractivity contribution in [1.82, 2.24) is 9.97 Å². The van der Waals surface area contributed by atoms with Crippen LogP contribution in [-0.4, -0.2) is 38.3 Å². The molecular formula is C17H16ClN3O3S. The number of halogens is 1. The number of benzene rings is 1. The van der Waals surface area contributed by atoms with Crippen molar-refractivity contribution in [2.45, 2.75) is 26.0 Å². The summed E-state index contributed by atoms with van der Waals surface area (Å²) in [6.45, 7) is 3.40. The van der Waals surface area contributed by atoms with Crippen LogP contribution in [0.4, 0.5) is 5.82 Å². The highest BCUT2D eigenvalue weighted by atomic mass is 35.5. The number of carbonyl (C=O) groups is 1. The molecule has 3 rings (SSSR count).